The molecular formula is C14H14N2. The van der Waals surface area contributed by atoms with Crippen LogP contribution in [0.15, 0.2) is 52.5 Å². The molecule has 2 aliphatic rings. The molecule has 3 rings (SSSR count). The van der Waals surface area contributed by atoms with Crippen LogP contribution in [-0.2, 0) is 0 Å². The fourth-order valence-electron chi connectivity index (χ4n) is 2.56. The van der Waals surface area contributed by atoms with Gasteiger partial charge in [-0.05, 0) is 30.9 Å². The number of aliphatic imine (C=N–C) groups is 2. The molecule has 2 heteroatoms. The summed E-state index contributed by atoms with van der Waals surface area (Å²) in [4.78, 5) is 8.65. The van der Waals surface area contributed by atoms with E-state index in [-0.39, 0.29) is 0 Å². The number of rotatable bonds is 2. The third-order valence-corrected chi connectivity index (χ3v) is 3.40. The second-order valence-electron chi connectivity index (χ2n) is 4.52. The number of hydrogen-bond donors (Lipinski definition) is 0. The van der Waals surface area contributed by atoms with Crippen molar-refractivity contribution in [3.63, 3.8) is 0 Å². The fourth-order valence-corrected chi connectivity index (χ4v) is 2.56. The Morgan fingerprint density at radius 1 is 1.06 bits per heavy atom. The Morgan fingerprint density at radius 2 is 1.94 bits per heavy atom. The highest BCUT2D eigenvalue weighted by Crippen LogP contribution is 2.40. The van der Waals surface area contributed by atoms with Crippen molar-refractivity contribution in [3.05, 3.63) is 42.5 Å². The van der Waals surface area contributed by atoms with Gasteiger partial charge < -0.3 is 0 Å². The van der Waals surface area contributed by atoms with E-state index in [4.69, 9.17) is 0 Å². The highest BCUT2D eigenvalue weighted by molar-refractivity contribution is 5.52. The number of nitrogens with zero attached hydrogens (tertiary/aromatic N) is 2. The minimum atomic E-state index is 0.419. The van der Waals surface area contributed by atoms with Crippen LogP contribution >= 0.6 is 0 Å². The molecule has 1 aromatic carbocycles. The molecule has 3 unspecified atom stereocenters. The lowest BCUT2D eigenvalue weighted by Crippen LogP contribution is -2.09. The second kappa shape index (κ2) is 4.07. The van der Waals surface area contributed by atoms with E-state index >= 15 is 0 Å². The van der Waals surface area contributed by atoms with Crippen LogP contribution in [0, 0.1) is 11.8 Å². The summed E-state index contributed by atoms with van der Waals surface area (Å²) >= 11 is 0. The first-order valence-corrected chi connectivity index (χ1v) is 5.81. The van der Waals surface area contributed by atoms with E-state index in [1.165, 1.54) is 12.8 Å². The van der Waals surface area contributed by atoms with Crippen LogP contribution < -0.4 is 0 Å². The molecule has 0 spiro atoms. The summed E-state index contributed by atoms with van der Waals surface area (Å²) in [7, 11) is 0. The maximum absolute atomic E-state index is 4.43. The van der Waals surface area contributed by atoms with Gasteiger partial charge in [0.15, 0.2) is 0 Å². The highest BCUT2D eigenvalue weighted by Gasteiger charge is 2.35. The maximum Gasteiger partial charge on any atom is 0.0952 e. The van der Waals surface area contributed by atoms with E-state index in [2.05, 4.69) is 28.1 Å². The number of benzene rings is 1. The van der Waals surface area contributed by atoms with Gasteiger partial charge in [-0.3, -0.25) is 0 Å². The normalized spacial score (nSPS) is 30.1. The van der Waals surface area contributed by atoms with Crippen molar-refractivity contribution in [1.82, 2.24) is 0 Å². The summed E-state index contributed by atoms with van der Waals surface area (Å²) in [6.07, 6.45) is 7.08. The second-order valence-corrected chi connectivity index (χ2v) is 4.52. The molecule has 2 aliphatic carbocycles. The third kappa shape index (κ3) is 1.84. The summed E-state index contributed by atoms with van der Waals surface area (Å²) in [5.41, 5.74) is 0.921. The lowest BCUT2D eigenvalue weighted by Gasteiger charge is -2.09. The van der Waals surface area contributed by atoms with Crippen molar-refractivity contribution < 1.29 is 0 Å². The molecule has 1 fully saturated rings. The summed E-state index contributed by atoms with van der Waals surface area (Å²) in [5.74, 6) is 1.40. The minimum Gasteiger partial charge on any atom is -0.221 e. The Kier molecular flexibility index (Phi) is 2.43. The summed E-state index contributed by atoms with van der Waals surface area (Å²) in [6.45, 7) is 0. The zero-order valence-corrected chi connectivity index (χ0v) is 9.08. The summed E-state index contributed by atoms with van der Waals surface area (Å²) < 4.78 is 0. The number of para-hydroxylation sites is 1. The van der Waals surface area contributed by atoms with Gasteiger partial charge in [-0.15, -0.1) is 0 Å². The maximum atomic E-state index is 4.43. The van der Waals surface area contributed by atoms with Crippen molar-refractivity contribution >= 4 is 11.7 Å². The Morgan fingerprint density at radius 3 is 2.62 bits per heavy atom. The molecule has 16 heavy (non-hydrogen) atoms. The van der Waals surface area contributed by atoms with Gasteiger partial charge in [-0.1, -0.05) is 30.4 Å². The van der Waals surface area contributed by atoms with Gasteiger partial charge in [0.2, 0.25) is 0 Å². The molecule has 1 saturated carbocycles. The molecule has 0 radical (unpaired) electrons. The van der Waals surface area contributed by atoms with Gasteiger partial charge in [-0.2, -0.15) is 4.99 Å². The van der Waals surface area contributed by atoms with Crippen LogP contribution in [0.1, 0.15) is 12.8 Å². The van der Waals surface area contributed by atoms with E-state index in [1.807, 2.05) is 30.3 Å². The van der Waals surface area contributed by atoms with Gasteiger partial charge in [0.25, 0.3) is 0 Å². The average Bonchev–Trinajstić information content (AvgIpc) is 2.92. The van der Waals surface area contributed by atoms with Gasteiger partial charge in [-0.25, -0.2) is 4.99 Å². The number of hydrogen-bond acceptors (Lipinski definition) is 2. The van der Waals surface area contributed by atoms with Crippen LogP contribution in [0.5, 0.6) is 0 Å². The molecule has 3 atom stereocenters. The Balaban J connectivity index is 1.71. The first-order valence-electron chi connectivity index (χ1n) is 5.81. The molecule has 1 aromatic rings. The Labute approximate surface area is 95.4 Å². The first-order chi connectivity index (χ1) is 7.92. The SMILES string of the molecule is C(=Nc1ccccc1)=NC1CC2C=CC1C2. The largest absolute Gasteiger partial charge is 0.221 e. The Hall–Kier alpha value is -1.66. The van der Waals surface area contributed by atoms with E-state index in [9.17, 15) is 0 Å². The van der Waals surface area contributed by atoms with Crippen LogP contribution in [0.25, 0.3) is 0 Å². The van der Waals surface area contributed by atoms with Crippen molar-refractivity contribution in [1.29, 1.82) is 0 Å². The quantitative estimate of drug-likeness (QED) is 0.527. The van der Waals surface area contributed by atoms with Gasteiger partial charge in [0, 0.05) is 5.92 Å². The summed E-state index contributed by atoms with van der Waals surface area (Å²) in [5, 5.41) is 0. The molecule has 0 N–H and O–H groups in total. The van der Waals surface area contributed by atoms with Crippen molar-refractivity contribution in [3.8, 4) is 0 Å². The molecule has 80 valence electrons. The van der Waals surface area contributed by atoms with E-state index < -0.39 is 0 Å². The first kappa shape index (κ1) is 9.56. The minimum absolute atomic E-state index is 0.419. The van der Waals surface area contributed by atoms with Gasteiger partial charge in [0.1, 0.15) is 0 Å². The van der Waals surface area contributed by atoms with Gasteiger partial charge >= 0.3 is 0 Å². The van der Waals surface area contributed by atoms with Crippen LogP contribution in [0.2, 0.25) is 0 Å². The smallest absolute Gasteiger partial charge is 0.0952 e. The molecule has 0 saturated heterocycles. The standard InChI is InChI=1S/C14H14N2/c1-2-4-13(5-3-1)15-10-16-14-9-11-6-7-12(14)8-11/h1-7,11-12,14H,8-9H2. The molecule has 0 heterocycles. The molecule has 0 aliphatic heterocycles. The van der Waals surface area contributed by atoms with Crippen molar-refractivity contribution in [2.24, 2.45) is 21.8 Å². The molecule has 0 amide bonds. The number of allylic oxidation sites excluding steroid dienone is 1. The average molecular weight is 210 g/mol. The monoisotopic (exact) mass is 210 g/mol. The molecule has 2 bridgehead atoms. The van der Waals surface area contributed by atoms with Crippen LogP contribution in [0.4, 0.5) is 5.69 Å². The summed E-state index contributed by atoms with van der Waals surface area (Å²) in [6, 6.07) is 13.1. The van der Waals surface area contributed by atoms with E-state index in [0.717, 1.165) is 11.6 Å². The van der Waals surface area contributed by atoms with E-state index in [1.54, 1.807) is 0 Å². The zero-order chi connectivity index (χ0) is 10.8. The Bertz CT molecular complexity index is 455. The lowest BCUT2D eigenvalue weighted by molar-refractivity contribution is 0.581. The topological polar surface area (TPSA) is 24.7 Å². The van der Waals surface area contributed by atoms with Gasteiger partial charge in [0.05, 0.1) is 17.7 Å². The fraction of sp³-hybridized carbons (Fsp3) is 0.357. The third-order valence-electron chi connectivity index (χ3n) is 3.40. The molecule has 2 nitrogen and oxygen atoms in total. The highest BCUT2D eigenvalue weighted by atomic mass is 14.9. The van der Waals surface area contributed by atoms with Crippen molar-refractivity contribution in [2.45, 2.75) is 18.9 Å². The molecule has 0 aromatic heterocycles. The van der Waals surface area contributed by atoms with E-state index in [0.29, 0.717) is 12.0 Å². The lowest BCUT2D eigenvalue weighted by atomic mass is 10.0. The van der Waals surface area contributed by atoms with Crippen molar-refractivity contribution in [2.75, 3.05) is 0 Å². The zero-order valence-electron chi connectivity index (χ0n) is 9.08. The number of fused-ring (bicyclic) bond motifs is 2. The van der Waals surface area contributed by atoms with Crippen LogP contribution in [0.3, 0.4) is 0 Å². The molecular weight excluding hydrogens is 196 g/mol. The predicted molar refractivity (Wildman–Crippen MR) is 65.1 cm³/mol. The van der Waals surface area contributed by atoms with Crippen LogP contribution in [-0.4, -0.2) is 12.1 Å². The predicted octanol–water partition coefficient (Wildman–Crippen LogP) is 3.46.